The molecule has 224 valence electrons. The maximum atomic E-state index is 5.92. The van der Waals surface area contributed by atoms with Crippen LogP contribution in [0.5, 0.6) is 0 Å². The summed E-state index contributed by atoms with van der Waals surface area (Å²) in [5, 5.41) is 7.12. The van der Waals surface area contributed by atoms with E-state index in [2.05, 4.69) is 17.6 Å². The summed E-state index contributed by atoms with van der Waals surface area (Å²) in [5.41, 5.74) is 0. The Bertz CT molecular complexity index is 412. The minimum absolute atomic E-state index is 0.656. The zero-order chi connectivity index (χ0) is 27.1. The lowest BCUT2D eigenvalue weighted by atomic mass is 10.0. The lowest BCUT2D eigenvalue weighted by molar-refractivity contribution is 0.0708. The average Bonchev–Trinajstić information content (AvgIpc) is 2.89. The minimum Gasteiger partial charge on any atom is -0.374 e. The fourth-order valence-electron chi connectivity index (χ4n) is 5.01. The molecule has 37 heavy (non-hydrogen) atoms. The van der Waals surface area contributed by atoms with E-state index in [1.165, 1.54) is 116 Å². The third kappa shape index (κ3) is 26.0. The summed E-state index contributed by atoms with van der Waals surface area (Å²) >= 11 is 0. The molecule has 0 radical (unpaired) electrons. The van der Waals surface area contributed by atoms with Crippen LogP contribution in [-0.4, -0.2) is 54.8 Å². The molecule has 0 aliphatic carbocycles. The summed E-state index contributed by atoms with van der Waals surface area (Å²) in [6.45, 7) is 14.5. The maximum absolute atomic E-state index is 5.92. The molecule has 2 N–H and O–H groups in total. The highest BCUT2D eigenvalue weighted by molar-refractivity contribution is 6.60. The predicted octanol–water partition coefficient (Wildman–Crippen LogP) is 8.65. The number of rotatable bonds is 32. The molecule has 0 aromatic heterocycles. The van der Waals surface area contributed by atoms with Gasteiger partial charge in [-0.05, 0) is 46.7 Å². The van der Waals surface area contributed by atoms with Crippen LogP contribution < -0.4 is 10.6 Å². The van der Waals surface area contributed by atoms with E-state index in [0.29, 0.717) is 19.8 Å². The molecule has 6 heteroatoms. The standard InChI is InChI=1S/C31H68N2O3Si/c1-5-9-10-11-12-13-14-15-16-17-18-19-20-21-22-23-24-25-27-32-29-30-33-28-26-31-37(34-6-2,35-7-3)36-8-4/h32-33H,5-31H2,1-4H3. The van der Waals surface area contributed by atoms with Crippen LogP contribution in [0, 0.1) is 0 Å². The molecular formula is C31H68N2O3Si. The Kier molecular flexibility index (Phi) is 30.6. The number of unbranched alkanes of at least 4 members (excludes halogenated alkanes) is 17. The molecule has 0 saturated heterocycles. The molecule has 0 aliphatic rings. The van der Waals surface area contributed by atoms with Gasteiger partial charge in [-0.2, -0.15) is 0 Å². The molecule has 0 spiro atoms. The van der Waals surface area contributed by atoms with Gasteiger partial charge in [0.25, 0.3) is 0 Å². The highest BCUT2D eigenvalue weighted by atomic mass is 28.4. The van der Waals surface area contributed by atoms with Gasteiger partial charge in [-0.3, -0.25) is 0 Å². The molecule has 0 rings (SSSR count). The van der Waals surface area contributed by atoms with Crippen LogP contribution >= 0.6 is 0 Å². The van der Waals surface area contributed by atoms with Gasteiger partial charge in [0, 0.05) is 39.0 Å². The molecule has 0 bridgehead atoms. The maximum Gasteiger partial charge on any atom is 0.500 e. The second-order valence-electron chi connectivity index (χ2n) is 10.6. The fraction of sp³-hybridized carbons (Fsp3) is 1.00. The Morgan fingerprint density at radius 1 is 0.378 bits per heavy atom. The quantitative estimate of drug-likeness (QED) is 0.0655. The Labute approximate surface area is 234 Å². The van der Waals surface area contributed by atoms with E-state index in [1.54, 1.807) is 0 Å². The topological polar surface area (TPSA) is 51.8 Å². The average molecular weight is 545 g/mol. The van der Waals surface area contributed by atoms with E-state index in [-0.39, 0.29) is 0 Å². The number of nitrogens with one attached hydrogen (secondary N) is 2. The van der Waals surface area contributed by atoms with Crippen LogP contribution in [0.25, 0.3) is 0 Å². The monoisotopic (exact) mass is 544 g/mol. The molecule has 0 amide bonds. The molecular weight excluding hydrogens is 476 g/mol. The van der Waals surface area contributed by atoms with Crippen molar-refractivity contribution in [3.05, 3.63) is 0 Å². The molecule has 0 aromatic carbocycles. The first kappa shape index (κ1) is 37.0. The zero-order valence-corrected chi connectivity index (χ0v) is 26.8. The van der Waals surface area contributed by atoms with Crippen molar-refractivity contribution in [3.8, 4) is 0 Å². The molecule has 0 atom stereocenters. The summed E-state index contributed by atoms with van der Waals surface area (Å²) in [6.07, 6.45) is 26.9. The molecule has 0 unspecified atom stereocenters. The summed E-state index contributed by atoms with van der Waals surface area (Å²) in [4.78, 5) is 0. The van der Waals surface area contributed by atoms with Gasteiger partial charge in [-0.25, -0.2) is 0 Å². The van der Waals surface area contributed by atoms with Gasteiger partial charge in [0.15, 0.2) is 0 Å². The first-order valence-electron chi connectivity index (χ1n) is 16.6. The largest absolute Gasteiger partial charge is 0.500 e. The molecule has 0 heterocycles. The highest BCUT2D eigenvalue weighted by Gasteiger charge is 2.39. The number of hydrogen-bond donors (Lipinski definition) is 2. The second-order valence-corrected chi connectivity index (χ2v) is 13.3. The van der Waals surface area contributed by atoms with Gasteiger partial charge in [-0.15, -0.1) is 0 Å². The van der Waals surface area contributed by atoms with Gasteiger partial charge in [0.05, 0.1) is 0 Å². The SMILES string of the molecule is CCCCCCCCCCCCCCCCCCCCNCCNCCC[Si](OCC)(OCC)OCC. The second kappa shape index (κ2) is 30.6. The smallest absolute Gasteiger partial charge is 0.374 e. The van der Waals surface area contributed by atoms with Gasteiger partial charge >= 0.3 is 8.80 Å². The van der Waals surface area contributed by atoms with E-state index < -0.39 is 8.80 Å². The van der Waals surface area contributed by atoms with Crippen molar-refractivity contribution in [1.29, 1.82) is 0 Å². The first-order valence-corrected chi connectivity index (χ1v) is 18.5. The third-order valence-electron chi connectivity index (χ3n) is 7.11. The molecule has 0 saturated carbocycles. The van der Waals surface area contributed by atoms with E-state index >= 15 is 0 Å². The lowest BCUT2D eigenvalue weighted by Gasteiger charge is -2.28. The molecule has 5 nitrogen and oxygen atoms in total. The summed E-state index contributed by atoms with van der Waals surface area (Å²) in [7, 11) is -2.47. The zero-order valence-electron chi connectivity index (χ0n) is 25.8. The molecule has 0 aliphatic heterocycles. The van der Waals surface area contributed by atoms with Crippen molar-refractivity contribution in [3.63, 3.8) is 0 Å². The Morgan fingerprint density at radius 3 is 1.05 bits per heavy atom. The van der Waals surface area contributed by atoms with E-state index in [1.807, 2.05) is 20.8 Å². The Morgan fingerprint density at radius 2 is 0.703 bits per heavy atom. The van der Waals surface area contributed by atoms with E-state index in [9.17, 15) is 0 Å². The van der Waals surface area contributed by atoms with Crippen molar-refractivity contribution < 1.29 is 13.3 Å². The normalized spacial score (nSPS) is 12.0. The van der Waals surface area contributed by atoms with E-state index in [0.717, 1.165) is 38.6 Å². The molecule has 0 fully saturated rings. The van der Waals surface area contributed by atoms with Crippen LogP contribution in [0.4, 0.5) is 0 Å². The van der Waals surface area contributed by atoms with Crippen molar-refractivity contribution in [2.45, 2.75) is 156 Å². The summed E-state index contributed by atoms with van der Waals surface area (Å²) in [5.74, 6) is 0. The highest BCUT2D eigenvalue weighted by Crippen LogP contribution is 2.18. The van der Waals surface area contributed by atoms with Gasteiger partial charge in [-0.1, -0.05) is 116 Å². The van der Waals surface area contributed by atoms with Crippen molar-refractivity contribution >= 4 is 8.80 Å². The van der Waals surface area contributed by atoms with E-state index in [4.69, 9.17) is 13.3 Å². The van der Waals surface area contributed by atoms with Crippen molar-refractivity contribution in [1.82, 2.24) is 10.6 Å². The third-order valence-corrected chi connectivity index (χ3v) is 10.3. The van der Waals surface area contributed by atoms with Crippen LogP contribution in [0.2, 0.25) is 6.04 Å². The van der Waals surface area contributed by atoms with Crippen LogP contribution in [0.3, 0.4) is 0 Å². The summed E-state index contributed by atoms with van der Waals surface area (Å²) < 4.78 is 17.8. The number of hydrogen-bond acceptors (Lipinski definition) is 5. The lowest BCUT2D eigenvalue weighted by Crippen LogP contribution is -2.46. The Balaban J connectivity index is 3.29. The first-order chi connectivity index (χ1) is 18.2. The van der Waals surface area contributed by atoms with Crippen LogP contribution in [0.1, 0.15) is 150 Å². The van der Waals surface area contributed by atoms with Gasteiger partial charge in [0.1, 0.15) is 0 Å². The minimum atomic E-state index is -2.47. The van der Waals surface area contributed by atoms with Crippen LogP contribution in [-0.2, 0) is 13.3 Å². The Hall–Kier alpha value is 0.0169. The van der Waals surface area contributed by atoms with Crippen molar-refractivity contribution in [2.75, 3.05) is 46.0 Å². The summed E-state index contributed by atoms with van der Waals surface area (Å²) in [6, 6.07) is 0.891. The predicted molar refractivity (Wildman–Crippen MR) is 165 cm³/mol. The van der Waals surface area contributed by atoms with Gasteiger partial charge < -0.3 is 23.9 Å². The molecule has 0 aromatic rings. The fourth-order valence-corrected chi connectivity index (χ4v) is 7.62. The van der Waals surface area contributed by atoms with Gasteiger partial charge in [0.2, 0.25) is 0 Å². The van der Waals surface area contributed by atoms with Crippen molar-refractivity contribution in [2.24, 2.45) is 0 Å². The van der Waals surface area contributed by atoms with Crippen LogP contribution in [0.15, 0.2) is 0 Å².